The molecule has 2 aromatic rings. The fourth-order valence-electron chi connectivity index (χ4n) is 4.21. The van der Waals surface area contributed by atoms with Crippen LogP contribution in [0.15, 0.2) is 65.2 Å². The van der Waals surface area contributed by atoms with Gasteiger partial charge in [0.25, 0.3) is 5.91 Å². The predicted octanol–water partition coefficient (Wildman–Crippen LogP) is 4.68. The minimum absolute atomic E-state index is 0. The smallest absolute Gasteiger partial charge is 0.253 e. The van der Waals surface area contributed by atoms with Crippen LogP contribution in [0.5, 0.6) is 0 Å². The number of carbonyl (C=O) groups is 1. The summed E-state index contributed by atoms with van der Waals surface area (Å²) in [5, 5.41) is 6.45. The van der Waals surface area contributed by atoms with Crippen molar-refractivity contribution in [1.29, 1.82) is 0 Å². The first-order valence-corrected chi connectivity index (χ1v) is 11.4. The number of nitrogens with zero attached hydrogens (tertiary/aromatic N) is 2. The molecule has 2 aromatic carbocycles. The summed E-state index contributed by atoms with van der Waals surface area (Å²) < 4.78 is 5.47. The molecule has 1 amide bonds. The zero-order valence-corrected chi connectivity index (χ0v) is 21.5. The maximum absolute atomic E-state index is 12.3. The predicted molar refractivity (Wildman–Crippen MR) is 145 cm³/mol. The Labute approximate surface area is 213 Å². The highest BCUT2D eigenvalue weighted by molar-refractivity contribution is 14.0. The lowest BCUT2D eigenvalue weighted by Crippen LogP contribution is -2.44. The molecule has 0 aromatic heterocycles. The number of nitrogens with one attached hydrogen (secondary N) is 2. The third-order valence-electron chi connectivity index (χ3n) is 5.95. The molecule has 0 saturated carbocycles. The number of piperidine rings is 1. The largest absolute Gasteiger partial charge is 0.368 e. The summed E-state index contributed by atoms with van der Waals surface area (Å²) in [5.74, 6) is 0.855. The van der Waals surface area contributed by atoms with Gasteiger partial charge in [-0.25, -0.2) is 0 Å². The van der Waals surface area contributed by atoms with Crippen LogP contribution in [0.2, 0.25) is 0 Å². The molecule has 1 atom stereocenters. The molecule has 2 N–H and O–H groups in total. The van der Waals surface area contributed by atoms with Crippen molar-refractivity contribution in [2.75, 3.05) is 32.1 Å². The van der Waals surface area contributed by atoms with E-state index >= 15 is 0 Å². The van der Waals surface area contributed by atoms with Crippen molar-refractivity contribution < 1.29 is 9.53 Å². The summed E-state index contributed by atoms with van der Waals surface area (Å²) >= 11 is 0. The number of hydrogen-bond acceptors (Lipinski definition) is 3. The lowest BCUT2D eigenvalue weighted by molar-refractivity contribution is -0.124. The van der Waals surface area contributed by atoms with E-state index in [-0.39, 0.29) is 36.0 Å². The molecule has 7 heteroatoms. The molecule has 1 unspecified atom stereocenters. The Morgan fingerprint density at radius 3 is 2.64 bits per heavy atom. The number of anilines is 1. The van der Waals surface area contributed by atoms with E-state index in [2.05, 4.69) is 56.9 Å². The highest BCUT2D eigenvalue weighted by atomic mass is 127. The van der Waals surface area contributed by atoms with Crippen LogP contribution in [0.4, 0.5) is 5.69 Å². The molecule has 2 fully saturated rings. The van der Waals surface area contributed by atoms with Crippen molar-refractivity contribution >= 4 is 47.6 Å². The van der Waals surface area contributed by atoms with Gasteiger partial charge in [-0.05, 0) is 48.9 Å². The number of carbonyl (C=O) groups excluding carboxylic acids is 1. The quantitative estimate of drug-likeness (QED) is 0.317. The van der Waals surface area contributed by atoms with E-state index < -0.39 is 0 Å². The molecule has 33 heavy (non-hydrogen) atoms. The van der Waals surface area contributed by atoms with Gasteiger partial charge >= 0.3 is 0 Å². The van der Waals surface area contributed by atoms with Crippen molar-refractivity contribution in [2.24, 2.45) is 4.99 Å². The first-order valence-electron chi connectivity index (χ1n) is 11.4. The molecule has 6 nitrogen and oxygen atoms in total. The van der Waals surface area contributed by atoms with Crippen molar-refractivity contribution in [3.63, 3.8) is 0 Å². The van der Waals surface area contributed by atoms with Crippen LogP contribution in [0.3, 0.4) is 0 Å². The molecular formula is C26H33IN4O2. The van der Waals surface area contributed by atoms with Crippen LogP contribution in [-0.4, -0.2) is 49.6 Å². The zero-order valence-electron chi connectivity index (χ0n) is 19.1. The summed E-state index contributed by atoms with van der Waals surface area (Å²) in [5.41, 5.74) is 4.65. The summed E-state index contributed by atoms with van der Waals surface area (Å²) in [6.45, 7) is 3.23. The number of amides is 1. The molecule has 4 rings (SSSR count). The third-order valence-corrected chi connectivity index (χ3v) is 5.95. The van der Waals surface area contributed by atoms with Crippen molar-refractivity contribution in [1.82, 2.24) is 10.2 Å². The maximum Gasteiger partial charge on any atom is 0.253 e. The second-order valence-electron chi connectivity index (χ2n) is 8.29. The van der Waals surface area contributed by atoms with E-state index in [9.17, 15) is 4.79 Å². The van der Waals surface area contributed by atoms with Gasteiger partial charge in [-0.2, -0.15) is 0 Å². The van der Waals surface area contributed by atoms with Gasteiger partial charge in [-0.1, -0.05) is 54.1 Å². The molecule has 2 aliphatic rings. The van der Waals surface area contributed by atoms with Gasteiger partial charge in [0.05, 0.1) is 0 Å². The normalized spacial score (nSPS) is 18.5. The van der Waals surface area contributed by atoms with Gasteiger partial charge in [0.15, 0.2) is 5.96 Å². The average Bonchev–Trinajstić information content (AvgIpc) is 3.37. The van der Waals surface area contributed by atoms with E-state index in [0.717, 1.165) is 56.0 Å². The molecular weight excluding hydrogens is 527 g/mol. The number of ether oxygens (including phenoxy) is 1. The Balaban J connectivity index is 0.00000306. The maximum atomic E-state index is 12.3. The summed E-state index contributed by atoms with van der Waals surface area (Å²) in [4.78, 5) is 19.1. The Hall–Kier alpha value is -2.39. The third kappa shape index (κ3) is 7.30. The SMILES string of the molecule is CN=C(NCc1cccc(NC(=O)C2CCCO2)c1)N1CCC(=Cc2ccccc2)CC1.I. The van der Waals surface area contributed by atoms with Gasteiger partial charge in [0.1, 0.15) is 6.10 Å². The van der Waals surface area contributed by atoms with Gasteiger partial charge in [-0.15, -0.1) is 24.0 Å². The molecule has 2 heterocycles. The Morgan fingerprint density at radius 2 is 1.94 bits per heavy atom. The highest BCUT2D eigenvalue weighted by Crippen LogP contribution is 2.20. The zero-order chi connectivity index (χ0) is 22.2. The Kier molecular flexibility index (Phi) is 9.75. The standard InChI is InChI=1S/C26H32N4O2.HI/c1-27-26(30-14-12-21(13-15-30)17-20-7-3-2-4-8-20)28-19-22-9-5-10-23(18-22)29-25(31)24-11-6-16-32-24;/h2-5,7-10,17-18,24H,6,11-16,19H2,1H3,(H,27,28)(H,29,31);1H. The topological polar surface area (TPSA) is 66.0 Å². The second kappa shape index (κ2) is 12.7. The van der Waals surface area contributed by atoms with Gasteiger partial charge in [0.2, 0.25) is 0 Å². The summed E-state index contributed by atoms with van der Waals surface area (Å²) in [6, 6.07) is 18.4. The van der Waals surface area contributed by atoms with Crippen molar-refractivity contribution in [2.45, 2.75) is 38.3 Å². The first kappa shape index (κ1) is 25.2. The van der Waals surface area contributed by atoms with Gasteiger partial charge in [0, 0.05) is 39.0 Å². The molecule has 0 radical (unpaired) electrons. The lowest BCUT2D eigenvalue weighted by atomic mass is 10.0. The van der Waals surface area contributed by atoms with Crippen molar-refractivity contribution in [3.05, 3.63) is 71.3 Å². The molecule has 0 spiro atoms. The van der Waals surface area contributed by atoms with Crippen molar-refractivity contribution in [3.8, 4) is 0 Å². The van der Waals surface area contributed by atoms with Crippen LogP contribution in [0.25, 0.3) is 6.08 Å². The minimum Gasteiger partial charge on any atom is -0.368 e. The van der Waals surface area contributed by atoms with Gasteiger partial charge in [-0.3, -0.25) is 9.79 Å². The number of aliphatic imine (C=N–C) groups is 1. The molecule has 0 bridgehead atoms. The Bertz CT molecular complexity index is 961. The number of halogens is 1. The van der Waals surface area contributed by atoms with Crippen LogP contribution >= 0.6 is 24.0 Å². The second-order valence-corrected chi connectivity index (χ2v) is 8.29. The van der Waals surface area contributed by atoms with Crippen LogP contribution in [-0.2, 0) is 16.1 Å². The fourth-order valence-corrected chi connectivity index (χ4v) is 4.21. The van der Waals surface area contributed by atoms with Crippen LogP contribution in [0, 0.1) is 0 Å². The summed E-state index contributed by atoms with van der Waals surface area (Å²) in [6.07, 6.45) is 5.81. The molecule has 0 aliphatic carbocycles. The average molecular weight is 560 g/mol. The van der Waals surface area contributed by atoms with E-state index in [0.29, 0.717) is 13.2 Å². The number of likely N-dealkylation sites (tertiary alicyclic amines) is 1. The van der Waals surface area contributed by atoms with Crippen LogP contribution < -0.4 is 10.6 Å². The number of benzene rings is 2. The Morgan fingerprint density at radius 1 is 1.15 bits per heavy atom. The van der Waals surface area contributed by atoms with Gasteiger partial charge < -0.3 is 20.3 Å². The monoisotopic (exact) mass is 560 g/mol. The van der Waals surface area contributed by atoms with Crippen LogP contribution in [0.1, 0.15) is 36.8 Å². The van der Waals surface area contributed by atoms with E-state index in [1.165, 1.54) is 11.1 Å². The number of rotatable bonds is 5. The first-order chi connectivity index (χ1) is 15.7. The fraction of sp³-hybridized carbons (Fsp3) is 0.385. The molecule has 176 valence electrons. The van der Waals surface area contributed by atoms with E-state index in [4.69, 9.17) is 4.74 Å². The molecule has 2 saturated heterocycles. The molecule has 2 aliphatic heterocycles. The minimum atomic E-state index is -0.324. The number of guanidine groups is 1. The number of hydrogen-bond donors (Lipinski definition) is 2. The highest BCUT2D eigenvalue weighted by Gasteiger charge is 2.23. The lowest BCUT2D eigenvalue weighted by Gasteiger charge is -2.31. The van der Waals surface area contributed by atoms with E-state index in [1.54, 1.807) is 0 Å². The summed E-state index contributed by atoms with van der Waals surface area (Å²) in [7, 11) is 1.83. The van der Waals surface area contributed by atoms with E-state index in [1.807, 2.05) is 31.3 Å².